The molecular formula is C20H24IN3O6. The number of carbonyl (C=O) groups excluding carboxylic acids is 1. The summed E-state index contributed by atoms with van der Waals surface area (Å²) in [6, 6.07) is 9.80. The van der Waals surface area contributed by atoms with Gasteiger partial charge in [0.05, 0.1) is 35.6 Å². The van der Waals surface area contributed by atoms with Gasteiger partial charge in [-0.3, -0.25) is 9.88 Å². The molecule has 0 aliphatic carbocycles. The molecule has 1 aliphatic rings. The second kappa shape index (κ2) is 10.8. The molecule has 3 unspecified atom stereocenters. The number of nitrogens with zero attached hydrogens (tertiary/aromatic N) is 2. The van der Waals surface area contributed by atoms with Gasteiger partial charge in [-0.15, -0.1) is 0 Å². The lowest BCUT2D eigenvalue weighted by Gasteiger charge is -2.15. The molecule has 1 aliphatic heterocycles. The van der Waals surface area contributed by atoms with E-state index in [1.54, 1.807) is 13.1 Å². The Kier molecular flexibility index (Phi) is 8.19. The van der Waals surface area contributed by atoms with Crippen molar-refractivity contribution < 1.29 is 24.1 Å². The van der Waals surface area contributed by atoms with Gasteiger partial charge in [0.15, 0.2) is 5.82 Å². The van der Waals surface area contributed by atoms with E-state index in [0.717, 1.165) is 5.56 Å². The SMILES string of the molecule is CC1OC(n2cc(I)c(NC(=O)OCCCOCc3ccccc3)nc2=O)CC1O. The van der Waals surface area contributed by atoms with Crippen molar-refractivity contribution >= 4 is 34.5 Å². The fourth-order valence-corrected chi connectivity index (χ4v) is 3.49. The van der Waals surface area contributed by atoms with Gasteiger partial charge >= 0.3 is 11.8 Å². The van der Waals surface area contributed by atoms with Crippen molar-refractivity contribution in [2.24, 2.45) is 0 Å². The number of carbonyl (C=O) groups is 1. The zero-order chi connectivity index (χ0) is 21.5. The molecule has 1 aromatic carbocycles. The third kappa shape index (κ3) is 6.24. The molecule has 10 heteroatoms. The monoisotopic (exact) mass is 529 g/mol. The highest BCUT2D eigenvalue weighted by Gasteiger charge is 2.32. The van der Waals surface area contributed by atoms with E-state index in [-0.39, 0.29) is 18.5 Å². The molecule has 1 aromatic heterocycles. The number of ether oxygens (including phenoxy) is 3. The number of hydrogen-bond donors (Lipinski definition) is 2. The molecule has 3 atom stereocenters. The number of halogens is 1. The van der Waals surface area contributed by atoms with Gasteiger partial charge in [-0.05, 0) is 35.1 Å². The molecule has 0 radical (unpaired) electrons. The predicted octanol–water partition coefficient (Wildman–Crippen LogP) is 2.67. The van der Waals surface area contributed by atoms with Crippen LogP contribution in [-0.4, -0.2) is 46.2 Å². The number of benzene rings is 1. The topological polar surface area (TPSA) is 112 Å². The van der Waals surface area contributed by atoms with Crippen molar-refractivity contribution in [2.45, 2.75) is 44.8 Å². The Morgan fingerprint density at radius 1 is 1.37 bits per heavy atom. The fraction of sp³-hybridized carbons (Fsp3) is 0.450. The number of anilines is 1. The second-order valence-corrected chi connectivity index (χ2v) is 8.04. The van der Waals surface area contributed by atoms with Gasteiger partial charge in [-0.2, -0.15) is 4.98 Å². The third-order valence-electron chi connectivity index (χ3n) is 4.57. The minimum Gasteiger partial charge on any atom is -0.449 e. The van der Waals surface area contributed by atoms with Crippen LogP contribution in [0.5, 0.6) is 0 Å². The number of aromatic nitrogens is 2. The van der Waals surface area contributed by atoms with E-state index in [0.29, 0.717) is 29.6 Å². The van der Waals surface area contributed by atoms with Crippen molar-refractivity contribution in [2.75, 3.05) is 18.5 Å². The van der Waals surface area contributed by atoms with E-state index in [4.69, 9.17) is 14.2 Å². The fourth-order valence-electron chi connectivity index (χ4n) is 2.93. The standard InChI is InChI=1S/C20H24IN3O6/c1-13-16(25)10-17(30-13)24-11-15(21)18(22-19(24)26)23-20(27)29-9-5-8-28-12-14-6-3-2-4-7-14/h2-4,6-7,11,13,16-17,25H,5,8-10,12H2,1H3,(H,22,23,26,27). The van der Waals surface area contributed by atoms with E-state index in [1.807, 2.05) is 52.9 Å². The van der Waals surface area contributed by atoms with Gasteiger partial charge in [0, 0.05) is 19.0 Å². The van der Waals surface area contributed by atoms with Gasteiger partial charge in [0.25, 0.3) is 0 Å². The van der Waals surface area contributed by atoms with Crippen LogP contribution in [0.1, 0.15) is 31.6 Å². The second-order valence-electron chi connectivity index (χ2n) is 6.88. The van der Waals surface area contributed by atoms with Crippen LogP contribution in [0.2, 0.25) is 0 Å². The molecule has 1 fully saturated rings. The molecule has 1 amide bonds. The maximum atomic E-state index is 12.3. The molecular weight excluding hydrogens is 505 g/mol. The van der Waals surface area contributed by atoms with Crippen LogP contribution < -0.4 is 11.0 Å². The highest BCUT2D eigenvalue weighted by atomic mass is 127. The first-order valence-corrected chi connectivity index (χ1v) is 10.7. The molecule has 3 rings (SSSR count). The van der Waals surface area contributed by atoms with Gasteiger partial charge in [0.1, 0.15) is 6.23 Å². The molecule has 0 bridgehead atoms. The Bertz CT molecular complexity index is 897. The molecule has 162 valence electrons. The normalized spacial score (nSPS) is 20.8. The number of nitrogens with one attached hydrogen (secondary N) is 1. The predicted molar refractivity (Wildman–Crippen MR) is 117 cm³/mol. The number of amides is 1. The van der Waals surface area contributed by atoms with Gasteiger partial charge in [-0.25, -0.2) is 9.59 Å². The maximum absolute atomic E-state index is 12.3. The van der Waals surface area contributed by atoms with Gasteiger partial charge in [-0.1, -0.05) is 30.3 Å². The quantitative estimate of drug-likeness (QED) is 0.400. The van der Waals surface area contributed by atoms with Crippen molar-refractivity contribution in [3.63, 3.8) is 0 Å². The lowest BCUT2D eigenvalue weighted by atomic mass is 10.2. The van der Waals surface area contributed by atoms with E-state index in [1.165, 1.54) is 4.57 Å². The molecule has 2 aromatic rings. The maximum Gasteiger partial charge on any atom is 0.412 e. The molecule has 1 saturated heterocycles. The summed E-state index contributed by atoms with van der Waals surface area (Å²) in [5.74, 6) is 0.119. The van der Waals surface area contributed by atoms with Crippen molar-refractivity contribution in [3.8, 4) is 0 Å². The molecule has 2 N–H and O–H groups in total. The Balaban J connectivity index is 1.42. The molecule has 0 spiro atoms. The van der Waals surface area contributed by atoms with Crippen LogP contribution in [0.3, 0.4) is 0 Å². The Labute approximate surface area is 187 Å². The summed E-state index contributed by atoms with van der Waals surface area (Å²) in [5.41, 5.74) is 0.504. The van der Waals surface area contributed by atoms with E-state index < -0.39 is 24.1 Å². The highest BCUT2D eigenvalue weighted by molar-refractivity contribution is 14.1. The minimum absolute atomic E-state index is 0.119. The molecule has 9 nitrogen and oxygen atoms in total. The lowest BCUT2D eigenvalue weighted by molar-refractivity contribution is -0.0101. The van der Waals surface area contributed by atoms with Crippen LogP contribution in [-0.2, 0) is 20.8 Å². The zero-order valence-corrected chi connectivity index (χ0v) is 18.7. The first-order chi connectivity index (χ1) is 14.4. The third-order valence-corrected chi connectivity index (χ3v) is 5.36. The zero-order valence-electron chi connectivity index (χ0n) is 16.5. The number of aliphatic hydroxyl groups excluding tert-OH is 1. The van der Waals surface area contributed by atoms with Crippen LogP contribution in [0.15, 0.2) is 41.3 Å². The number of hydrogen-bond acceptors (Lipinski definition) is 7. The van der Waals surface area contributed by atoms with Crippen molar-refractivity contribution in [1.29, 1.82) is 0 Å². The summed E-state index contributed by atoms with van der Waals surface area (Å²) >= 11 is 1.96. The number of rotatable bonds is 8. The first-order valence-electron chi connectivity index (χ1n) is 9.61. The smallest absolute Gasteiger partial charge is 0.412 e. The van der Waals surface area contributed by atoms with Crippen LogP contribution in [0, 0.1) is 3.57 Å². The molecule has 0 saturated carbocycles. The summed E-state index contributed by atoms with van der Waals surface area (Å²) in [6.45, 7) is 2.89. The summed E-state index contributed by atoms with van der Waals surface area (Å²) in [4.78, 5) is 28.2. The highest BCUT2D eigenvalue weighted by Crippen LogP contribution is 2.28. The first kappa shape index (κ1) is 22.7. The largest absolute Gasteiger partial charge is 0.449 e. The van der Waals surface area contributed by atoms with Gasteiger partial charge in [0.2, 0.25) is 0 Å². The summed E-state index contributed by atoms with van der Waals surface area (Å²) in [5, 5.41) is 12.3. The average molecular weight is 529 g/mol. The van der Waals surface area contributed by atoms with E-state index in [2.05, 4.69) is 10.3 Å². The Morgan fingerprint density at radius 2 is 2.13 bits per heavy atom. The van der Waals surface area contributed by atoms with Crippen LogP contribution in [0.25, 0.3) is 0 Å². The van der Waals surface area contributed by atoms with Crippen molar-refractivity contribution in [1.82, 2.24) is 9.55 Å². The van der Waals surface area contributed by atoms with E-state index >= 15 is 0 Å². The molecule has 30 heavy (non-hydrogen) atoms. The summed E-state index contributed by atoms with van der Waals surface area (Å²) in [6.07, 6.45) is 0.125. The minimum atomic E-state index is -0.693. The average Bonchev–Trinajstić information content (AvgIpc) is 3.06. The number of aliphatic hydroxyl groups is 1. The lowest BCUT2D eigenvalue weighted by Crippen LogP contribution is -2.29. The van der Waals surface area contributed by atoms with Crippen LogP contribution >= 0.6 is 22.6 Å². The summed E-state index contributed by atoms with van der Waals surface area (Å²) in [7, 11) is 0. The van der Waals surface area contributed by atoms with Gasteiger partial charge < -0.3 is 19.3 Å². The van der Waals surface area contributed by atoms with Crippen LogP contribution in [0.4, 0.5) is 10.6 Å². The van der Waals surface area contributed by atoms with Crippen molar-refractivity contribution in [3.05, 3.63) is 56.1 Å². The van der Waals surface area contributed by atoms with E-state index in [9.17, 15) is 14.7 Å². The summed E-state index contributed by atoms with van der Waals surface area (Å²) < 4.78 is 18.1. The Morgan fingerprint density at radius 3 is 2.83 bits per heavy atom. The Hall–Kier alpha value is -2.02. The molecule has 2 heterocycles.